The SMILES string of the molecule is CCOC(=O)c1c(C(C)(C)C2C=C(OC)C(OC(C)C)=CC2)[nH]c2cc(N)ccc12. The fourth-order valence-electron chi connectivity index (χ4n) is 4.00. The lowest BCUT2D eigenvalue weighted by molar-refractivity contribution is 0.0524. The van der Waals surface area contributed by atoms with E-state index in [1.165, 1.54) is 0 Å². The summed E-state index contributed by atoms with van der Waals surface area (Å²) in [5.74, 6) is 1.23. The summed E-state index contributed by atoms with van der Waals surface area (Å²) in [5, 5.41) is 0.817. The molecule has 1 unspecified atom stereocenters. The van der Waals surface area contributed by atoms with Crippen molar-refractivity contribution in [2.45, 2.75) is 52.6 Å². The van der Waals surface area contributed by atoms with Gasteiger partial charge in [0.2, 0.25) is 0 Å². The zero-order valence-corrected chi connectivity index (χ0v) is 18.7. The molecular weight excluding hydrogens is 380 g/mol. The van der Waals surface area contributed by atoms with Crippen molar-refractivity contribution in [2.75, 3.05) is 19.5 Å². The monoisotopic (exact) mass is 412 g/mol. The van der Waals surface area contributed by atoms with Crippen LogP contribution in [0.5, 0.6) is 0 Å². The molecule has 0 saturated carbocycles. The summed E-state index contributed by atoms with van der Waals surface area (Å²) in [6, 6.07) is 5.53. The Morgan fingerprint density at radius 2 is 2.03 bits per heavy atom. The molecule has 1 aromatic heterocycles. The van der Waals surface area contributed by atoms with E-state index >= 15 is 0 Å². The molecule has 162 valence electrons. The molecule has 6 nitrogen and oxygen atoms in total. The van der Waals surface area contributed by atoms with Gasteiger partial charge in [0.1, 0.15) is 0 Å². The number of aromatic nitrogens is 1. The minimum Gasteiger partial charge on any atom is -0.493 e. The smallest absolute Gasteiger partial charge is 0.340 e. The van der Waals surface area contributed by atoms with Crippen molar-refractivity contribution >= 4 is 22.6 Å². The zero-order chi connectivity index (χ0) is 22.1. The van der Waals surface area contributed by atoms with Crippen molar-refractivity contribution in [3.63, 3.8) is 0 Å². The van der Waals surface area contributed by atoms with Crippen LogP contribution in [0.4, 0.5) is 5.69 Å². The normalized spacial score (nSPS) is 17.0. The number of hydrogen-bond donors (Lipinski definition) is 2. The molecule has 3 N–H and O–H groups in total. The van der Waals surface area contributed by atoms with Crippen molar-refractivity contribution in [1.82, 2.24) is 4.98 Å². The first-order valence-electron chi connectivity index (χ1n) is 10.4. The Balaban J connectivity index is 2.08. The number of carbonyl (C=O) groups excluding carboxylic acids is 1. The van der Waals surface area contributed by atoms with Crippen molar-refractivity contribution < 1.29 is 19.0 Å². The van der Waals surface area contributed by atoms with Gasteiger partial charge in [0.25, 0.3) is 0 Å². The van der Waals surface area contributed by atoms with Crippen LogP contribution in [-0.2, 0) is 19.6 Å². The van der Waals surface area contributed by atoms with Crippen LogP contribution in [0.3, 0.4) is 0 Å². The summed E-state index contributed by atoms with van der Waals surface area (Å²) in [4.78, 5) is 16.4. The Bertz CT molecular complexity index is 998. The molecule has 1 aromatic carbocycles. The highest BCUT2D eigenvalue weighted by molar-refractivity contribution is 6.06. The molecular formula is C24H32N2O4. The molecule has 1 atom stereocenters. The molecule has 6 heteroatoms. The third-order valence-electron chi connectivity index (χ3n) is 5.61. The van der Waals surface area contributed by atoms with Crippen LogP contribution in [0, 0.1) is 5.92 Å². The van der Waals surface area contributed by atoms with Gasteiger partial charge in [-0.3, -0.25) is 0 Å². The minimum atomic E-state index is -0.403. The van der Waals surface area contributed by atoms with E-state index in [4.69, 9.17) is 19.9 Å². The zero-order valence-electron chi connectivity index (χ0n) is 18.7. The predicted octanol–water partition coefficient (Wildman–Crippen LogP) is 5.06. The molecule has 1 aliphatic rings. The van der Waals surface area contributed by atoms with E-state index < -0.39 is 5.41 Å². The van der Waals surface area contributed by atoms with E-state index in [-0.39, 0.29) is 18.0 Å². The highest BCUT2D eigenvalue weighted by atomic mass is 16.5. The van der Waals surface area contributed by atoms with E-state index in [1.54, 1.807) is 13.2 Å². The second kappa shape index (κ2) is 8.46. The molecule has 30 heavy (non-hydrogen) atoms. The van der Waals surface area contributed by atoms with Crippen LogP contribution in [0.15, 0.2) is 41.9 Å². The Morgan fingerprint density at radius 1 is 1.30 bits per heavy atom. The first-order chi connectivity index (χ1) is 14.2. The van der Waals surface area contributed by atoms with Gasteiger partial charge in [-0.15, -0.1) is 0 Å². The number of hydrogen-bond acceptors (Lipinski definition) is 5. The first-order valence-corrected chi connectivity index (χ1v) is 10.4. The van der Waals surface area contributed by atoms with Gasteiger partial charge in [0, 0.05) is 27.7 Å². The predicted molar refractivity (Wildman–Crippen MR) is 119 cm³/mol. The number of methoxy groups -OCH3 is 1. The van der Waals surface area contributed by atoms with Crippen LogP contribution >= 0.6 is 0 Å². The Labute approximate surface area is 178 Å². The van der Waals surface area contributed by atoms with Crippen molar-refractivity contribution in [2.24, 2.45) is 5.92 Å². The van der Waals surface area contributed by atoms with Gasteiger partial charge in [0.15, 0.2) is 11.5 Å². The average molecular weight is 413 g/mol. The van der Waals surface area contributed by atoms with Crippen LogP contribution in [0.1, 0.15) is 57.1 Å². The van der Waals surface area contributed by atoms with E-state index in [2.05, 4.69) is 31.0 Å². The second-order valence-electron chi connectivity index (χ2n) is 8.43. The molecule has 0 aliphatic heterocycles. The number of nitrogens with two attached hydrogens (primary N) is 1. The van der Waals surface area contributed by atoms with Crippen LogP contribution < -0.4 is 5.73 Å². The molecule has 0 spiro atoms. The quantitative estimate of drug-likeness (QED) is 0.490. The molecule has 3 rings (SSSR count). The van der Waals surface area contributed by atoms with Crippen LogP contribution in [0.25, 0.3) is 10.9 Å². The standard InChI is InChI=1S/C24H32N2O4/c1-7-29-23(27)21-17-10-9-16(25)13-18(17)26-22(21)24(4,5)15-8-11-19(30-14(2)3)20(12-15)28-6/h9-15,26H,7-8,25H2,1-6H3. The number of anilines is 1. The summed E-state index contributed by atoms with van der Waals surface area (Å²) in [6.07, 6.45) is 4.98. The van der Waals surface area contributed by atoms with Gasteiger partial charge < -0.3 is 24.9 Å². The number of benzene rings is 1. The van der Waals surface area contributed by atoms with Gasteiger partial charge in [0.05, 0.1) is 25.4 Å². The number of ether oxygens (including phenoxy) is 3. The molecule has 2 aromatic rings. The highest BCUT2D eigenvalue weighted by Gasteiger charge is 2.38. The number of nitrogen functional groups attached to an aromatic ring is 1. The number of esters is 1. The molecule has 0 amide bonds. The molecule has 0 radical (unpaired) electrons. The highest BCUT2D eigenvalue weighted by Crippen LogP contribution is 2.42. The summed E-state index contributed by atoms with van der Waals surface area (Å²) in [6.45, 7) is 10.4. The number of nitrogens with one attached hydrogen (secondary N) is 1. The maximum absolute atomic E-state index is 12.9. The molecule has 0 saturated heterocycles. The third-order valence-corrected chi connectivity index (χ3v) is 5.61. The van der Waals surface area contributed by atoms with Crippen LogP contribution in [-0.4, -0.2) is 30.8 Å². The average Bonchev–Trinajstić information content (AvgIpc) is 3.07. The lowest BCUT2D eigenvalue weighted by Crippen LogP contribution is -2.31. The fraction of sp³-hybridized carbons (Fsp3) is 0.458. The number of allylic oxidation sites excluding steroid dienone is 2. The van der Waals surface area contributed by atoms with Gasteiger partial charge >= 0.3 is 5.97 Å². The van der Waals surface area contributed by atoms with Crippen molar-refractivity contribution in [3.8, 4) is 0 Å². The van der Waals surface area contributed by atoms with Gasteiger partial charge in [-0.05, 0) is 63.5 Å². The number of H-pyrrole nitrogens is 1. The Hall–Kier alpha value is -2.89. The Kier molecular flexibility index (Phi) is 6.15. The molecule has 0 fully saturated rings. The number of rotatable bonds is 7. The van der Waals surface area contributed by atoms with Crippen molar-refractivity contribution in [1.29, 1.82) is 0 Å². The van der Waals surface area contributed by atoms with E-state index in [0.29, 0.717) is 23.6 Å². The van der Waals surface area contributed by atoms with E-state index in [0.717, 1.165) is 28.8 Å². The molecule has 1 heterocycles. The summed E-state index contributed by atoms with van der Waals surface area (Å²) in [7, 11) is 1.65. The van der Waals surface area contributed by atoms with E-state index in [1.807, 2.05) is 32.9 Å². The fourth-order valence-corrected chi connectivity index (χ4v) is 4.00. The first kappa shape index (κ1) is 21.8. The summed E-state index contributed by atoms with van der Waals surface area (Å²) in [5.41, 5.74) is 8.44. The maximum Gasteiger partial charge on any atom is 0.340 e. The van der Waals surface area contributed by atoms with Gasteiger partial charge in [-0.2, -0.15) is 0 Å². The second-order valence-corrected chi connectivity index (χ2v) is 8.43. The summed E-state index contributed by atoms with van der Waals surface area (Å²) < 4.78 is 16.9. The largest absolute Gasteiger partial charge is 0.493 e. The maximum atomic E-state index is 12.9. The number of fused-ring (bicyclic) bond motifs is 1. The number of carbonyl (C=O) groups is 1. The molecule has 1 aliphatic carbocycles. The minimum absolute atomic E-state index is 0.0638. The lowest BCUT2D eigenvalue weighted by atomic mass is 9.71. The van der Waals surface area contributed by atoms with Gasteiger partial charge in [-0.1, -0.05) is 13.8 Å². The van der Waals surface area contributed by atoms with E-state index in [9.17, 15) is 4.79 Å². The summed E-state index contributed by atoms with van der Waals surface area (Å²) >= 11 is 0. The molecule has 0 bridgehead atoms. The van der Waals surface area contributed by atoms with Crippen molar-refractivity contribution in [3.05, 3.63) is 53.1 Å². The third kappa shape index (κ3) is 4.04. The van der Waals surface area contributed by atoms with Gasteiger partial charge in [-0.25, -0.2) is 4.79 Å². The Morgan fingerprint density at radius 3 is 2.67 bits per heavy atom. The number of aromatic amines is 1. The van der Waals surface area contributed by atoms with Crippen LogP contribution in [0.2, 0.25) is 0 Å². The lowest BCUT2D eigenvalue weighted by Gasteiger charge is -2.35. The topological polar surface area (TPSA) is 86.6 Å².